The highest BCUT2D eigenvalue weighted by Crippen LogP contribution is 2.49. The van der Waals surface area contributed by atoms with E-state index < -0.39 is 25.0 Å². The summed E-state index contributed by atoms with van der Waals surface area (Å²) in [5, 5.41) is 4.58. The Morgan fingerprint density at radius 1 is 0.811 bits per heavy atom. The number of hydrogen-bond donors (Lipinski definition) is 2. The molecule has 5 aliphatic heterocycles. The maximum absolute atomic E-state index is 14.4. The molecule has 53 heavy (non-hydrogen) atoms. The summed E-state index contributed by atoms with van der Waals surface area (Å²) in [6, 6.07) is 7.89. The molecule has 0 unspecified atom stereocenters. The molecule has 0 fully saturated rings. The third-order valence-corrected chi connectivity index (χ3v) is 13.4. The second-order valence-corrected chi connectivity index (χ2v) is 17.8. The van der Waals surface area contributed by atoms with Gasteiger partial charge < -0.3 is 19.5 Å². The number of sulfonamides is 1. The average molecular weight is 797 g/mol. The number of benzene rings is 3. The van der Waals surface area contributed by atoms with Gasteiger partial charge in [-0.2, -0.15) is 15.0 Å². The molecule has 0 radical (unpaired) electrons. The SMILES string of the molecule is O=S(=O)([O-])c1ccc(C2=c3cc4c5c(c3Oc3c2cc2c6c3CCCN6CCC2)CCC[N+]=5CCC4)c(S(=O)(=O)NCCNc2nc(Cl)nc(Cl)n2)c1. The van der Waals surface area contributed by atoms with E-state index in [1.165, 1.54) is 34.3 Å². The van der Waals surface area contributed by atoms with Gasteiger partial charge in [-0.1, -0.05) is 6.07 Å². The number of halogens is 2. The van der Waals surface area contributed by atoms with Crippen LogP contribution in [-0.4, -0.2) is 75.6 Å². The van der Waals surface area contributed by atoms with Crippen LogP contribution in [0.4, 0.5) is 11.6 Å². The van der Waals surface area contributed by atoms with Crippen LogP contribution in [-0.2, 0) is 45.8 Å². The van der Waals surface area contributed by atoms with Crippen LogP contribution in [0.3, 0.4) is 0 Å². The van der Waals surface area contributed by atoms with Crippen LogP contribution in [0, 0.1) is 0 Å². The van der Waals surface area contributed by atoms with Gasteiger partial charge in [-0.15, -0.1) is 0 Å². The third kappa shape index (κ3) is 6.15. The molecule has 0 amide bonds. The van der Waals surface area contributed by atoms with Crippen LogP contribution >= 0.6 is 23.2 Å². The third-order valence-electron chi connectivity index (χ3n) is 10.8. The van der Waals surface area contributed by atoms with Gasteiger partial charge >= 0.3 is 0 Å². The van der Waals surface area contributed by atoms with Crippen LogP contribution in [0.15, 0.2) is 40.1 Å². The lowest BCUT2D eigenvalue weighted by molar-refractivity contribution is 0.431. The quantitative estimate of drug-likeness (QED) is 0.135. The first kappa shape index (κ1) is 34.9. The molecule has 6 heterocycles. The topological polar surface area (TPSA) is 170 Å². The lowest BCUT2D eigenvalue weighted by Gasteiger charge is -2.39. The number of rotatable bonds is 8. The van der Waals surface area contributed by atoms with Gasteiger partial charge in [0.15, 0.2) is 0 Å². The van der Waals surface area contributed by atoms with Crippen molar-refractivity contribution >= 4 is 60.6 Å². The van der Waals surface area contributed by atoms with Gasteiger partial charge in [-0.3, -0.25) is 0 Å². The van der Waals surface area contributed by atoms with E-state index in [1.807, 2.05) is 0 Å². The second-order valence-electron chi connectivity index (χ2n) is 14.0. The molecule has 13 nitrogen and oxygen atoms in total. The van der Waals surface area contributed by atoms with Crippen LogP contribution in [0.1, 0.15) is 59.1 Å². The van der Waals surface area contributed by atoms with E-state index in [0.29, 0.717) is 5.57 Å². The fraction of sp³-hybridized carbons (Fsp3) is 0.389. The maximum Gasteiger partial charge on any atom is 0.241 e. The van der Waals surface area contributed by atoms with E-state index in [0.717, 1.165) is 117 Å². The molecule has 17 heteroatoms. The van der Waals surface area contributed by atoms with Gasteiger partial charge in [0.1, 0.15) is 34.7 Å². The number of aromatic nitrogens is 3. The summed E-state index contributed by atoms with van der Waals surface area (Å²) in [7, 11) is -9.45. The summed E-state index contributed by atoms with van der Waals surface area (Å²) in [4.78, 5) is 13.1. The first-order valence-electron chi connectivity index (χ1n) is 17.8. The lowest BCUT2D eigenvalue weighted by Crippen LogP contribution is -2.45. The molecule has 0 saturated heterocycles. The molecule has 0 bridgehead atoms. The number of fused-ring (bicyclic) bond motifs is 4. The molecule has 0 saturated carbocycles. The highest BCUT2D eigenvalue weighted by Gasteiger charge is 2.37. The molecular formula is C36H35Cl2N7O6S2. The van der Waals surface area contributed by atoms with Crippen molar-refractivity contribution in [3.05, 3.63) is 84.9 Å². The monoisotopic (exact) mass is 795 g/mol. The summed E-state index contributed by atoms with van der Waals surface area (Å²) in [5.74, 6) is 1.49. The molecular weight excluding hydrogens is 761 g/mol. The maximum atomic E-state index is 14.4. The highest BCUT2D eigenvalue weighted by atomic mass is 35.5. The van der Waals surface area contributed by atoms with E-state index in [9.17, 15) is 21.4 Å². The van der Waals surface area contributed by atoms with E-state index in [-0.39, 0.29) is 40.1 Å². The van der Waals surface area contributed by atoms with E-state index in [4.69, 9.17) is 27.9 Å². The Morgan fingerprint density at radius 3 is 2.30 bits per heavy atom. The summed E-state index contributed by atoms with van der Waals surface area (Å²) >= 11 is 11.8. The number of nitrogens with one attached hydrogen (secondary N) is 2. The summed E-state index contributed by atoms with van der Waals surface area (Å²) < 4.78 is 77.9. The number of anilines is 2. The van der Waals surface area contributed by atoms with Crippen LogP contribution in [0.2, 0.25) is 10.6 Å². The van der Waals surface area contributed by atoms with Gasteiger partial charge in [0.2, 0.25) is 31.9 Å². The van der Waals surface area contributed by atoms with Crippen molar-refractivity contribution in [3.8, 4) is 11.5 Å². The normalized spacial score (nSPS) is 17.4. The number of nitrogens with zero attached hydrogens (tertiary/aromatic N) is 5. The first-order chi connectivity index (χ1) is 25.5. The van der Waals surface area contributed by atoms with Crippen molar-refractivity contribution < 1.29 is 26.1 Å². The predicted molar refractivity (Wildman–Crippen MR) is 198 cm³/mol. The van der Waals surface area contributed by atoms with Gasteiger partial charge in [-0.05, 0) is 91.6 Å². The minimum atomic E-state index is -5.01. The van der Waals surface area contributed by atoms with Crippen LogP contribution in [0.25, 0.3) is 5.57 Å². The zero-order valence-corrected chi connectivity index (χ0v) is 31.7. The Balaban J connectivity index is 1.26. The molecule has 5 aliphatic rings. The number of aryl methyl sites for hydroxylation is 2. The van der Waals surface area contributed by atoms with Crippen molar-refractivity contribution in [2.45, 2.75) is 61.2 Å². The molecule has 4 aromatic rings. The molecule has 3 aromatic carbocycles. The fourth-order valence-corrected chi connectivity index (χ4v) is 10.9. The Morgan fingerprint density at radius 2 is 1.53 bits per heavy atom. The van der Waals surface area contributed by atoms with E-state index in [2.05, 4.69) is 46.6 Å². The molecule has 2 N–H and O–H groups in total. The van der Waals surface area contributed by atoms with Gasteiger partial charge in [0.25, 0.3) is 0 Å². The molecule has 276 valence electrons. The molecule has 0 spiro atoms. The van der Waals surface area contributed by atoms with Crippen LogP contribution in [0.5, 0.6) is 11.5 Å². The van der Waals surface area contributed by atoms with Crippen molar-refractivity contribution in [2.24, 2.45) is 0 Å². The molecule has 0 aliphatic carbocycles. The first-order valence-corrected chi connectivity index (χ1v) is 21.4. The molecule has 0 atom stereocenters. The number of hydrogen-bond acceptors (Lipinski definition) is 11. The number of ether oxygens (including phenoxy) is 1. The fourth-order valence-electron chi connectivity index (χ4n) is 8.73. The molecule has 1 aromatic heterocycles. The summed E-state index contributed by atoms with van der Waals surface area (Å²) in [6.07, 6.45) is 7.34. The summed E-state index contributed by atoms with van der Waals surface area (Å²) in [6.45, 7) is 3.77. The smallest absolute Gasteiger partial charge is 0.241 e. The summed E-state index contributed by atoms with van der Waals surface area (Å²) in [5.41, 5.74) is 7.53. The average Bonchev–Trinajstić information content (AvgIpc) is 3.12. The van der Waals surface area contributed by atoms with Gasteiger partial charge in [-0.25, -0.2) is 26.1 Å². The molecule has 9 rings (SSSR count). The zero-order chi connectivity index (χ0) is 36.6. The Kier molecular flexibility index (Phi) is 8.66. The zero-order valence-electron chi connectivity index (χ0n) is 28.5. The predicted octanol–water partition coefficient (Wildman–Crippen LogP) is 2.91. The van der Waals surface area contributed by atoms with E-state index >= 15 is 0 Å². The second kappa shape index (κ2) is 13.2. The van der Waals surface area contributed by atoms with Crippen molar-refractivity contribution in [3.63, 3.8) is 0 Å². The van der Waals surface area contributed by atoms with Crippen molar-refractivity contribution in [1.82, 2.24) is 24.2 Å². The van der Waals surface area contributed by atoms with Crippen LogP contribution < -0.4 is 34.8 Å². The standard InChI is InChI=1S/C36H35Cl2N7O6S2/c37-34-41-35(38)43-36(42-34)39-11-12-40-52(46,47)28-19-22(53(48,49)50)9-10-23(28)29-26-17-20-5-1-13-44-15-3-7-24(30(20)44)32(26)51-33-25-8-4-16-45-14-2-6-21(31(25)45)18-27(29)33/h9-10,17-19,40H,1-8,11-16H2,(H-,39,41,42,43,48,49,50). The highest BCUT2D eigenvalue weighted by molar-refractivity contribution is 7.89. The minimum Gasteiger partial charge on any atom is -0.744 e. The Labute approximate surface area is 316 Å². The van der Waals surface area contributed by atoms with Crippen molar-refractivity contribution in [1.29, 1.82) is 0 Å². The van der Waals surface area contributed by atoms with E-state index in [1.54, 1.807) is 0 Å². The van der Waals surface area contributed by atoms with Gasteiger partial charge in [0.05, 0.1) is 15.4 Å². The Bertz CT molecular complexity index is 2580. The van der Waals surface area contributed by atoms with Crippen molar-refractivity contribution in [2.75, 3.05) is 49.5 Å². The lowest BCUT2D eigenvalue weighted by atomic mass is 9.82. The Hall–Kier alpha value is -3.86. The minimum absolute atomic E-state index is 0.0266. The van der Waals surface area contributed by atoms with Gasteiger partial charge in [0, 0.05) is 77.8 Å². The largest absolute Gasteiger partial charge is 0.744 e.